The molecule has 0 aliphatic rings. The molecule has 0 aromatic heterocycles. The number of nitrogens with one attached hydrogen (secondary N) is 2. The number of carbonyl (C=O) groups excluding carboxylic acids is 1. The van der Waals surface area contributed by atoms with Crippen molar-refractivity contribution in [3.63, 3.8) is 0 Å². The third-order valence-electron chi connectivity index (χ3n) is 2.50. The van der Waals surface area contributed by atoms with Crippen LogP contribution in [0, 0.1) is 17.2 Å². The Morgan fingerprint density at radius 2 is 2.10 bits per heavy atom. The van der Waals surface area contributed by atoms with Crippen molar-refractivity contribution in [2.45, 2.75) is 18.7 Å². The van der Waals surface area contributed by atoms with Gasteiger partial charge in [0.15, 0.2) is 0 Å². The Balaban J connectivity index is 2.72. The van der Waals surface area contributed by atoms with Crippen molar-refractivity contribution in [3.05, 3.63) is 28.8 Å². The number of sulfonamides is 1. The molecule has 0 saturated carbocycles. The Morgan fingerprint density at radius 1 is 1.43 bits per heavy atom. The molecule has 8 heteroatoms. The number of amides is 1. The molecule has 0 saturated heterocycles. The molecule has 1 rings (SSSR count). The van der Waals surface area contributed by atoms with E-state index in [-0.39, 0.29) is 27.9 Å². The average Bonchev–Trinajstić information content (AvgIpc) is 2.42. The second-order valence-electron chi connectivity index (χ2n) is 4.78. The van der Waals surface area contributed by atoms with Gasteiger partial charge >= 0.3 is 0 Å². The maximum Gasteiger partial charge on any atom is 0.241 e. The second kappa shape index (κ2) is 7.41. The van der Waals surface area contributed by atoms with E-state index in [1.165, 1.54) is 18.2 Å². The van der Waals surface area contributed by atoms with E-state index in [0.29, 0.717) is 6.54 Å². The number of carbonyl (C=O) groups is 1. The summed E-state index contributed by atoms with van der Waals surface area (Å²) in [7, 11) is -3.85. The highest BCUT2D eigenvalue weighted by molar-refractivity contribution is 7.89. The smallest absolute Gasteiger partial charge is 0.241 e. The summed E-state index contributed by atoms with van der Waals surface area (Å²) in [6.07, 6.45) is 0. The quantitative estimate of drug-likeness (QED) is 0.820. The molecule has 1 aromatic rings. The number of benzene rings is 1. The summed E-state index contributed by atoms with van der Waals surface area (Å²) in [4.78, 5) is 11.4. The third-order valence-corrected chi connectivity index (χ3v) is 4.21. The normalized spacial score (nSPS) is 11.2. The molecule has 0 radical (unpaired) electrons. The molecule has 0 aliphatic heterocycles. The van der Waals surface area contributed by atoms with Gasteiger partial charge in [0.2, 0.25) is 15.9 Å². The first kappa shape index (κ1) is 17.4. The minimum absolute atomic E-state index is 0.0460. The number of rotatable bonds is 6. The summed E-state index contributed by atoms with van der Waals surface area (Å²) in [5, 5.41) is 11.4. The van der Waals surface area contributed by atoms with E-state index in [9.17, 15) is 13.2 Å². The molecule has 0 fully saturated rings. The fourth-order valence-electron chi connectivity index (χ4n) is 1.38. The Bertz CT molecular complexity index is 666. The van der Waals surface area contributed by atoms with E-state index in [4.69, 9.17) is 16.9 Å². The topological polar surface area (TPSA) is 99.1 Å². The molecule has 6 nitrogen and oxygen atoms in total. The van der Waals surface area contributed by atoms with Gasteiger partial charge in [0.05, 0.1) is 22.0 Å². The van der Waals surface area contributed by atoms with Crippen molar-refractivity contribution in [1.29, 1.82) is 5.26 Å². The van der Waals surface area contributed by atoms with Gasteiger partial charge in [0.1, 0.15) is 6.07 Å². The van der Waals surface area contributed by atoms with Crippen molar-refractivity contribution >= 4 is 27.5 Å². The van der Waals surface area contributed by atoms with Crippen LogP contribution in [0.3, 0.4) is 0 Å². The molecule has 0 spiro atoms. The molecule has 1 amide bonds. The lowest BCUT2D eigenvalue weighted by molar-refractivity contribution is -0.120. The highest BCUT2D eigenvalue weighted by atomic mass is 35.5. The van der Waals surface area contributed by atoms with E-state index in [2.05, 4.69) is 10.0 Å². The van der Waals surface area contributed by atoms with Crippen LogP contribution in [0.1, 0.15) is 19.4 Å². The van der Waals surface area contributed by atoms with Crippen LogP contribution in [-0.2, 0) is 14.8 Å². The van der Waals surface area contributed by atoms with Gasteiger partial charge in [0, 0.05) is 6.54 Å². The van der Waals surface area contributed by atoms with Crippen LogP contribution in [-0.4, -0.2) is 27.4 Å². The van der Waals surface area contributed by atoms with E-state index >= 15 is 0 Å². The van der Waals surface area contributed by atoms with Gasteiger partial charge in [-0.05, 0) is 24.1 Å². The lowest BCUT2D eigenvalue weighted by atomic mass is 10.2. The first-order valence-corrected chi connectivity index (χ1v) is 8.08. The molecule has 0 aliphatic carbocycles. The second-order valence-corrected chi connectivity index (χ2v) is 6.95. The van der Waals surface area contributed by atoms with Gasteiger partial charge in [-0.3, -0.25) is 4.79 Å². The number of nitriles is 1. The van der Waals surface area contributed by atoms with E-state index < -0.39 is 15.9 Å². The highest BCUT2D eigenvalue weighted by Gasteiger charge is 2.17. The maximum atomic E-state index is 12.0. The van der Waals surface area contributed by atoms with E-state index in [0.717, 1.165) is 0 Å². The predicted octanol–water partition coefficient (Wildman–Crippen LogP) is 1.26. The molecule has 114 valence electrons. The highest BCUT2D eigenvalue weighted by Crippen LogP contribution is 2.19. The molecule has 0 heterocycles. The standard InChI is InChI=1S/C13H16ClN3O3S/c1-9(2)7-16-13(18)8-17-21(19,20)11-4-3-10(6-15)12(14)5-11/h3-5,9,17H,7-8H2,1-2H3,(H,16,18). The lowest BCUT2D eigenvalue weighted by Crippen LogP contribution is -2.38. The number of nitrogens with zero attached hydrogens (tertiary/aromatic N) is 1. The Morgan fingerprint density at radius 3 is 2.62 bits per heavy atom. The van der Waals surface area contributed by atoms with Crippen LogP contribution in [0.4, 0.5) is 0 Å². The Labute approximate surface area is 129 Å². The van der Waals surface area contributed by atoms with Gasteiger partial charge in [0.25, 0.3) is 0 Å². The summed E-state index contributed by atoms with van der Waals surface area (Å²) in [5.41, 5.74) is 0.185. The first-order chi connectivity index (χ1) is 9.76. The van der Waals surface area contributed by atoms with Gasteiger partial charge in [-0.2, -0.15) is 5.26 Å². The van der Waals surface area contributed by atoms with Crippen molar-refractivity contribution in [1.82, 2.24) is 10.0 Å². The summed E-state index contributed by atoms with van der Waals surface area (Å²) in [5.74, 6) is -0.130. The SMILES string of the molecule is CC(C)CNC(=O)CNS(=O)(=O)c1ccc(C#N)c(Cl)c1. The number of hydrogen-bond donors (Lipinski definition) is 2. The van der Waals surface area contributed by atoms with Gasteiger partial charge in [-0.1, -0.05) is 25.4 Å². The molecule has 2 N–H and O–H groups in total. The fourth-order valence-corrected chi connectivity index (χ4v) is 2.67. The van der Waals surface area contributed by atoms with Crippen LogP contribution in [0.25, 0.3) is 0 Å². The minimum Gasteiger partial charge on any atom is -0.355 e. The molecule has 0 bridgehead atoms. The monoisotopic (exact) mass is 329 g/mol. The Kier molecular flexibility index (Phi) is 6.15. The zero-order chi connectivity index (χ0) is 16.0. The first-order valence-electron chi connectivity index (χ1n) is 6.22. The third kappa shape index (κ3) is 5.34. The lowest BCUT2D eigenvalue weighted by Gasteiger charge is -2.09. The minimum atomic E-state index is -3.85. The zero-order valence-electron chi connectivity index (χ0n) is 11.7. The molecule has 0 unspecified atom stereocenters. The predicted molar refractivity (Wildman–Crippen MR) is 79.2 cm³/mol. The van der Waals surface area contributed by atoms with Gasteiger partial charge < -0.3 is 5.32 Å². The largest absolute Gasteiger partial charge is 0.355 e. The van der Waals surface area contributed by atoms with Gasteiger partial charge in [-0.15, -0.1) is 0 Å². The molecular weight excluding hydrogens is 314 g/mol. The average molecular weight is 330 g/mol. The van der Waals surface area contributed by atoms with Crippen molar-refractivity contribution < 1.29 is 13.2 Å². The Hall–Kier alpha value is -1.62. The number of halogens is 1. The molecule has 1 aromatic carbocycles. The van der Waals surface area contributed by atoms with E-state index in [1.807, 2.05) is 19.9 Å². The maximum absolute atomic E-state index is 12.0. The van der Waals surface area contributed by atoms with Crippen molar-refractivity contribution in [3.8, 4) is 6.07 Å². The summed E-state index contributed by atoms with van der Waals surface area (Å²) >= 11 is 5.79. The van der Waals surface area contributed by atoms with Crippen LogP contribution in [0.15, 0.2) is 23.1 Å². The van der Waals surface area contributed by atoms with E-state index in [1.54, 1.807) is 0 Å². The summed E-state index contributed by atoms with van der Waals surface area (Å²) in [6, 6.07) is 5.59. The molecular formula is C13H16ClN3O3S. The van der Waals surface area contributed by atoms with Crippen molar-refractivity contribution in [2.75, 3.05) is 13.1 Å². The summed E-state index contributed by atoms with van der Waals surface area (Å²) in [6.45, 7) is 3.99. The van der Waals surface area contributed by atoms with Crippen LogP contribution in [0.2, 0.25) is 5.02 Å². The van der Waals surface area contributed by atoms with Crippen LogP contribution >= 0.6 is 11.6 Å². The fraction of sp³-hybridized carbons (Fsp3) is 0.385. The van der Waals surface area contributed by atoms with Crippen molar-refractivity contribution in [2.24, 2.45) is 5.92 Å². The number of hydrogen-bond acceptors (Lipinski definition) is 4. The van der Waals surface area contributed by atoms with Crippen LogP contribution < -0.4 is 10.0 Å². The zero-order valence-corrected chi connectivity index (χ0v) is 13.3. The van der Waals surface area contributed by atoms with Gasteiger partial charge in [-0.25, -0.2) is 13.1 Å². The molecule has 21 heavy (non-hydrogen) atoms. The van der Waals surface area contributed by atoms with Crippen LogP contribution in [0.5, 0.6) is 0 Å². The molecule has 0 atom stereocenters. The summed E-state index contributed by atoms with van der Waals surface area (Å²) < 4.78 is 26.2.